The first-order chi connectivity index (χ1) is 16.6. The third kappa shape index (κ3) is 6.90. The summed E-state index contributed by atoms with van der Waals surface area (Å²) in [4.78, 5) is 30.6. The Morgan fingerprint density at radius 2 is 1.50 bits per heavy atom. The number of aromatic nitrogens is 1. The Kier molecular flexibility index (Phi) is 8.31. The van der Waals surface area contributed by atoms with Crippen molar-refractivity contribution in [3.8, 4) is 11.5 Å². The summed E-state index contributed by atoms with van der Waals surface area (Å²) < 4.78 is 18.7. The summed E-state index contributed by atoms with van der Waals surface area (Å²) in [6, 6.07) is 16.7. The molecule has 1 unspecified atom stereocenters. The SMILES string of the molecule is O=C(CSc1ccncc1)C1CCC[C@@H](C(=O)Nc2ccc(Oc3ccc(F)cc3)cc2)CC1. The lowest BCUT2D eigenvalue weighted by atomic mass is 9.95. The minimum atomic E-state index is -0.316. The van der Waals surface area contributed by atoms with Crippen LogP contribution in [0.5, 0.6) is 11.5 Å². The number of hydrogen-bond acceptors (Lipinski definition) is 5. The molecule has 1 fully saturated rings. The number of nitrogens with one attached hydrogen (secondary N) is 1. The summed E-state index contributed by atoms with van der Waals surface area (Å²) >= 11 is 1.54. The molecule has 2 atom stereocenters. The smallest absolute Gasteiger partial charge is 0.227 e. The van der Waals surface area contributed by atoms with Gasteiger partial charge in [-0.2, -0.15) is 0 Å². The average molecular weight is 479 g/mol. The van der Waals surface area contributed by atoms with E-state index in [-0.39, 0.29) is 29.3 Å². The Hall–Kier alpha value is -3.19. The second-order valence-electron chi connectivity index (χ2n) is 8.41. The van der Waals surface area contributed by atoms with Crippen molar-refractivity contribution in [2.75, 3.05) is 11.1 Å². The van der Waals surface area contributed by atoms with Crippen molar-refractivity contribution < 1.29 is 18.7 Å². The quantitative estimate of drug-likeness (QED) is 0.295. The second-order valence-corrected chi connectivity index (χ2v) is 9.46. The Bertz CT molecular complexity index is 1090. The lowest BCUT2D eigenvalue weighted by molar-refractivity contribution is -0.122. The number of halogens is 1. The number of benzene rings is 2. The fourth-order valence-electron chi connectivity index (χ4n) is 4.08. The number of ether oxygens (including phenoxy) is 1. The van der Waals surface area contributed by atoms with E-state index in [2.05, 4.69) is 10.3 Å². The molecule has 0 saturated heterocycles. The number of rotatable bonds is 8. The summed E-state index contributed by atoms with van der Waals surface area (Å²) in [6.45, 7) is 0. The van der Waals surface area contributed by atoms with Crippen LogP contribution < -0.4 is 10.1 Å². The summed E-state index contributed by atoms with van der Waals surface area (Å²) in [5.74, 6) is 1.47. The molecule has 1 aliphatic rings. The largest absolute Gasteiger partial charge is 0.457 e. The molecular weight excluding hydrogens is 451 g/mol. The first-order valence-corrected chi connectivity index (χ1v) is 12.5. The van der Waals surface area contributed by atoms with Gasteiger partial charge in [-0.3, -0.25) is 14.6 Å². The number of Topliss-reactive ketones (excluding diaryl/α,β-unsaturated/α-hetero) is 1. The highest BCUT2D eigenvalue weighted by Gasteiger charge is 2.27. The number of nitrogens with zero attached hydrogens (tertiary/aromatic N) is 1. The van der Waals surface area contributed by atoms with Crippen molar-refractivity contribution in [2.24, 2.45) is 11.8 Å². The summed E-state index contributed by atoms with van der Waals surface area (Å²) in [5, 5.41) is 2.99. The van der Waals surface area contributed by atoms with E-state index in [0.29, 0.717) is 29.4 Å². The van der Waals surface area contributed by atoms with Gasteiger partial charge in [0.05, 0.1) is 5.75 Å². The van der Waals surface area contributed by atoms with Gasteiger partial charge >= 0.3 is 0 Å². The third-order valence-electron chi connectivity index (χ3n) is 6.00. The van der Waals surface area contributed by atoms with Crippen LogP contribution in [0.4, 0.5) is 10.1 Å². The molecule has 2 aromatic carbocycles. The van der Waals surface area contributed by atoms with Gasteiger partial charge in [-0.25, -0.2) is 4.39 Å². The van der Waals surface area contributed by atoms with Crippen molar-refractivity contribution in [1.82, 2.24) is 4.98 Å². The summed E-state index contributed by atoms with van der Waals surface area (Å²) in [5.41, 5.74) is 0.696. The topological polar surface area (TPSA) is 68.3 Å². The number of carbonyl (C=O) groups excluding carboxylic acids is 2. The predicted octanol–water partition coefficient (Wildman–Crippen LogP) is 6.51. The van der Waals surface area contributed by atoms with E-state index in [1.54, 1.807) is 60.6 Å². The molecule has 0 spiro atoms. The molecule has 0 bridgehead atoms. The molecule has 1 N–H and O–H groups in total. The molecule has 1 aliphatic carbocycles. The minimum absolute atomic E-state index is 0.00791. The maximum Gasteiger partial charge on any atom is 0.227 e. The van der Waals surface area contributed by atoms with Crippen LogP contribution in [0.2, 0.25) is 0 Å². The van der Waals surface area contributed by atoms with Crippen LogP contribution in [-0.2, 0) is 9.59 Å². The standard InChI is InChI=1S/C27H27FN2O3S/c28-21-6-10-23(11-7-21)33-24-12-8-22(9-13-24)30-27(32)20-3-1-2-19(4-5-20)26(31)18-34-25-14-16-29-17-15-25/h6-17,19-20H,1-5,18H2,(H,30,32)/t19?,20-/m1/s1. The van der Waals surface area contributed by atoms with Gasteiger partial charge in [-0.05, 0) is 86.3 Å². The number of hydrogen-bond donors (Lipinski definition) is 1. The molecule has 1 aromatic heterocycles. The highest BCUT2D eigenvalue weighted by Crippen LogP contribution is 2.31. The second kappa shape index (κ2) is 11.8. The van der Waals surface area contributed by atoms with Gasteiger partial charge in [-0.1, -0.05) is 6.42 Å². The van der Waals surface area contributed by atoms with Crippen molar-refractivity contribution in [1.29, 1.82) is 0 Å². The molecule has 1 saturated carbocycles. The van der Waals surface area contributed by atoms with E-state index in [1.807, 2.05) is 12.1 Å². The molecule has 176 valence electrons. The molecule has 7 heteroatoms. The Balaban J connectivity index is 1.25. The van der Waals surface area contributed by atoms with E-state index in [9.17, 15) is 14.0 Å². The van der Waals surface area contributed by atoms with Crippen LogP contribution in [0.3, 0.4) is 0 Å². The Labute approximate surface area is 203 Å². The van der Waals surface area contributed by atoms with Gasteiger partial charge in [0.2, 0.25) is 5.91 Å². The lowest BCUT2D eigenvalue weighted by Gasteiger charge is -2.15. The zero-order valence-corrected chi connectivity index (χ0v) is 19.6. The number of thioether (sulfide) groups is 1. The van der Waals surface area contributed by atoms with E-state index in [1.165, 1.54) is 12.1 Å². The fraction of sp³-hybridized carbons (Fsp3) is 0.296. The van der Waals surface area contributed by atoms with Crippen LogP contribution in [-0.4, -0.2) is 22.4 Å². The molecule has 4 rings (SSSR count). The number of carbonyl (C=O) groups is 2. The maximum absolute atomic E-state index is 13.0. The molecule has 3 aromatic rings. The summed E-state index contributed by atoms with van der Waals surface area (Å²) in [6.07, 6.45) is 7.43. The molecule has 34 heavy (non-hydrogen) atoms. The number of pyridine rings is 1. The van der Waals surface area contributed by atoms with Crippen molar-refractivity contribution in [3.63, 3.8) is 0 Å². The predicted molar refractivity (Wildman–Crippen MR) is 132 cm³/mol. The fourth-order valence-corrected chi connectivity index (χ4v) is 4.94. The van der Waals surface area contributed by atoms with Crippen LogP contribution in [0.1, 0.15) is 32.1 Å². The molecule has 0 aliphatic heterocycles. The molecule has 1 heterocycles. The van der Waals surface area contributed by atoms with Gasteiger partial charge < -0.3 is 10.1 Å². The van der Waals surface area contributed by atoms with E-state index in [4.69, 9.17) is 4.74 Å². The minimum Gasteiger partial charge on any atom is -0.457 e. The molecular formula is C27H27FN2O3S. The number of anilines is 1. The van der Waals surface area contributed by atoms with E-state index < -0.39 is 0 Å². The van der Waals surface area contributed by atoms with Gasteiger partial charge in [0, 0.05) is 34.8 Å². The molecule has 0 radical (unpaired) electrons. The highest BCUT2D eigenvalue weighted by atomic mass is 32.2. The highest BCUT2D eigenvalue weighted by molar-refractivity contribution is 8.00. The normalized spacial score (nSPS) is 18.0. The summed E-state index contributed by atoms with van der Waals surface area (Å²) in [7, 11) is 0. The average Bonchev–Trinajstić information content (AvgIpc) is 3.12. The first-order valence-electron chi connectivity index (χ1n) is 11.5. The zero-order valence-electron chi connectivity index (χ0n) is 18.8. The number of ketones is 1. The van der Waals surface area contributed by atoms with Gasteiger partial charge in [0.25, 0.3) is 0 Å². The van der Waals surface area contributed by atoms with Gasteiger partial charge in [-0.15, -0.1) is 11.8 Å². The van der Waals surface area contributed by atoms with Crippen molar-refractivity contribution in [3.05, 3.63) is 78.9 Å². The van der Waals surface area contributed by atoms with Crippen LogP contribution in [0.15, 0.2) is 78.0 Å². The maximum atomic E-state index is 13.0. The van der Waals surface area contributed by atoms with Crippen molar-refractivity contribution >= 4 is 29.1 Å². The van der Waals surface area contributed by atoms with Gasteiger partial charge in [0.15, 0.2) is 0 Å². The lowest BCUT2D eigenvalue weighted by Crippen LogP contribution is -2.22. The third-order valence-corrected chi connectivity index (χ3v) is 7.03. The Morgan fingerprint density at radius 3 is 2.21 bits per heavy atom. The van der Waals surface area contributed by atoms with Crippen LogP contribution in [0.25, 0.3) is 0 Å². The van der Waals surface area contributed by atoms with Crippen LogP contribution in [0, 0.1) is 17.7 Å². The zero-order chi connectivity index (χ0) is 23.8. The van der Waals surface area contributed by atoms with E-state index in [0.717, 1.165) is 30.6 Å². The Morgan fingerprint density at radius 1 is 0.882 bits per heavy atom. The molecule has 1 amide bonds. The first kappa shape index (κ1) is 24.0. The number of amides is 1. The monoisotopic (exact) mass is 478 g/mol. The van der Waals surface area contributed by atoms with Crippen LogP contribution >= 0.6 is 11.8 Å². The van der Waals surface area contributed by atoms with Gasteiger partial charge in [0.1, 0.15) is 23.1 Å². The molecule has 5 nitrogen and oxygen atoms in total. The van der Waals surface area contributed by atoms with Crippen molar-refractivity contribution in [2.45, 2.75) is 37.0 Å². The van der Waals surface area contributed by atoms with E-state index >= 15 is 0 Å².